The van der Waals surface area contributed by atoms with E-state index in [-0.39, 0.29) is 5.97 Å². The van der Waals surface area contributed by atoms with Crippen LogP contribution in [0.2, 0.25) is 0 Å². The topological polar surface area (TPSA) is 55.0 Å². The van der Waals surface area contributed by atoms with Crippen molar-refractivity contribution in [3.05, 3.63) is 52.8 Å². The fraction of sp³-hybridized carbons (Fsp3) is 0.125. The van der Waals surface area contributed by atoms with Gasteiger partial charge in [-0.2, -0.15) is 0 Å². The van der Waals surface area contributed by atoms with E-state index in [4.69, 9.17) is 4.74 Å². The molecule has 0 aliphatic carbocycles. The number of carbonyl (C=O) groups excluding carboxylic acids is 1. The molecule has 0 bridgehead atoms. The molecule has 0 radical (unpaired) electrons. The minimum Gasteiger partial charge on any atom is -0.462 e. The first-order chi connectivity index (χ1) is 10.2. The molecule has 2 aromatic heterocycles. The van der Waals surface area contributed by atoms with Crippen molar-refractivity contribution >= 4 is 32.8 Å². The number of H-pyrrole nitrogens is 1. The molecule has 0 atom stereocenters. The number of aromatic amines is 1. The Labute approximate surface area is 130 Å². The smallest absolute Gasteiger partial charge is 0.338 e. The molecule has 0 aliphatic heterocycles. The summed E-state index contributed by atoms with van der Waals surface area (Å²) in [4.78, 5) is 19.3. The molecule has 0 saturated carbocycles. The summed E-state index contributed by atoms with van der Waals surface area (Å²) < 4.78 is 5.98. The fourth-order valence-electron chi connectivity index (χ4n) is 2.20. The lowest BCUT2D eigenvalue weighted by Crippen LogP contribution is -2.04. The predicted octanol–water partition coefficient (Wildman–Crippen LogP) is 4.17. The second kappa shape index (κ2) is 5.69. The zero-order valence-corrected chi connectivity index (χ0v) is 13.0. The van der Waals surface area contributed by atoms with Crippen LogP contribution in [-0.4, -0.2) is 22.5 Å². The number of pyridine rings is 1. The van der Waals surface area contributed by atoms with Gasteiger partial charge in [-0.1, -0.05) is 0 Å². The quantitative estimate of drug-likeness (QED) is 0.725. The maximum Gasteiger partial charge on any atom is 0.338 e. The highest BCUT2D eigenvalue weighted by atomic mass is 79.9. The number of nitrogens with zero attached hydrogens (tertiary/aromatic N) is 1. The van der Waals surface area contributed by atoms with Gasteiger partial charge in [-0.05, 0) is 53.2 Å². The van der Waals surface area contributed by atoms with Crippen molar-refractivity contribution in [3.8, 4) is 11.3 Å². The Morgan fingerprint density at radius 2 is 2.19 bits per heavy atom. The maximum absolute atomic E-state index is 11.8. The van der Waals surface area contributed by atoms with E-state index in [2.05, 4.69) is 25.9 Å². The van der Waals surface area contributed by atoms with Gasteiger partial charge in [-0.25, -0.2) is 4.79 Å². The van der Waals surface area contributed by atoms with Crippen LogP contribution in [0.15, 0.2) is 47.2 Å². The van der Waals surface area contributed by atoms with Gasteiger partial charge in [0.1, 0.15) is 0 Å². The Bertz CT molecular complexity index is 811. The van der Waals surface area contributed by atoms with Crippen molar-refractivity contribution < 1.29 is 9.53 Å². The van der Waals surface area contributed by atoms with Crippen LogP contribution in [0.4, 0.5) is 0 Å². The summed E-state index contributed by atoms with van der Waals surface area (Å²) in [5.74, 6) is -0.331. The molecule has 0 saturated heterocycles. The van der Waals surface area contributed by atoms with Crippen LogP contribution in [0.1, 0.15) is 17.3 Å². The molecule has 5 heteroatoms. The van der Waals surface area contributed by atoms with Crippen LogP contribution in [0.5, 0.6) is 0 Å². The van der Waals surface area contributed by atoms with E-state index >= 15 is 0 Å². The Morgan fingerprint density at radius 3 is 3.00 bits per heavy atom. The van der Waals surface area contributed by atoms with Gasteiger partial charge < -0.3 is 9.72 Å². The first kappa shape index (κ1) is 13.8. The highest BCUT2D eigenvalue weighted by Crippen LogP contribution is 2.29. The van der Waals surface area contributed by atoms with Gasteiger partial charge >= 0.3 is 5.97 Å². The third-order valence-electron chi connectivity index (χ3n) is 3.18. The molecule has 3 aromatic rings. The van der Waals surface area contributed by atoms with Gasteiger partial charge in [0.15, 0.2) is 0 Å². The molecule has 4 nitrogen and oxygen atoms in total. The van der Waals surface area contributed by atoms with Gasteiger partial charge in [0, 0.05) is 27.8 Å². The van der Waals surface area contributed by atoms with Gasteiger partial charge in [0.25, 0.3) is 0 Å². The van der Waals surface area contributed by atoms with Crippen LogP contribution in [0.25, 0.3) is 22.2 Å². The molecule has 0 aliphatic rings. The number of hydrogen-bond donors (Lipinski definition) is 1. The number of fused-ring (bicyclic) bond motifs is 1. The van der Waals surface area contributed by atoms with Gasteiger partial charge in [0.2, 0.25) is 0 Å². The minimum absolute atomic E-state index is 0.331. The highest BCUT2D eigenvalue weighted by molar-refractivity contribution is 9.10. The lowest BCUT2D eigenvalue weighted by atomic mass is 10.1. The summed E-state index contributed by atoms with van der Waals surface area (Å²) in [6.07, 6.45) is 3.51. The molecule has 1 N–H and O–H groups in total. The van der Waals surface area contributed by atoms with Crippen molar-refractivity contribution in [1.82, 2.24) is 9.97 Å². The number of rotatable bonds is 3. The molecule has 0 fully saturated rings. The standard InChI is InChI=1S/C16H13BrN2O2/c1-2-21-16(20)11-4-5-18-14(9-11)12-7-10-3-6-19-15(10)13(17)8-12/h3-9,19H,2H2,1H3. The Hall–Kier alpha value is -2.14. The van der Waals surface area contributed by atoms with E-state index in [1.807, 2.05) is 24.4 Å². The monoisotopic (exact) mass is 344 g/mol. The number of aromatic nitrogens is 2. The number of esters is 1. The summed E-state index contributed by atoms with van der Waals surface area (Å²) in [7, 11) is 0. The Kier molecular flexibility index (Phi) is 3.75. The van der Waals surface area contributed by atoms with Crippen LogP contribution < -0.4 is 0 Å². The summed E-state index contributed by atoms with van der Waals surface area (Å²) in [5.41, 5.74) is 3.23. The number of nitrogens with one attached hydrogen (secondary N) is 1. The lowest BCUT2D eigenvalue weighted by Gasteiger charge is -2.06. The minimum atomic E-state index is -0.331. The van der Waals surface area contributed by atoms with Crippen LogP contribution in [-0.2, 0) is 4.74 Å². The molecule has 0 unspecified atom stereocenters. The number of ether oxygens (including phenoxy) is 1. The average molecular weight is 345 g/mol. The van der Waals surface area contributed by atoms with Crippen LogP contribution >= 0.6 is 15.9 Å². The maximum atomic E-state index is 11.8. The Morgan fingerprint density at radius 1 is 1.33 bits per heavy atom. The van der Waals surface area contributed by atoms with E-state index < -0.39 is 0 Å². The summed E-state index contributed by atoms with van der Waals surface area (Å²) in [6, 6.07) is 9.42. The van der Waals surface area contributed by atoms with E-state index in [1.54, 1.807) is 25.3 Å². The zero-order chi connectivity index (χ0) is 14.8. The SMILES string of the molecule is CCOC(=O)c1ccnc(-c2cc(Br)c3[nH]ccc3c2)c1. The van der Waals surface area contributed by atoms with Crippen LogP contribution in [0, 0.1) is 0 Å². The third-order valence-corrected chi connectivity index (χ3v) is 3.80. The number of benzene rings is 1. The number of hydrogen-bond acceptors (Lipinski definition) is 3. The largest absolute Gasteiger partial charge is 0.462 e. The number of carbonyl (C=O) groups is 1. The van der Waals surface area contributed by atoms with Gasteiger partial charge in [0.05, 0.1) is 23.4 Å². The predicted molar refractivity (Wildman–Crippen MR) is 85.2 cm³/mol. The fourth-order valence-corrected chi connectivity index (χ4v) is 2.79. The van der Waals surface area contributed by atoms with Crippen LogP contribution in [0.3, 0.4) is 0 Å². The van der Waals surface area contributed by atoms with E-state index in [0.717, 1.165) is 26.6 Å². The zero-order valence-electron chi connectivity index (χ0n) is 11.4. The van der Waals surface area contributed by atoms with E-state index in [9.17, 15) is 4.79 Å². The van der Waals surface area contributed by atoms with Crippen molar-refractivity contribution in [2.45, 2.75) is 6.92 Å². The molecule has 3 rings (SSSR count). The molecule has 106 valence electrons. The van der Waals surface area contributed by atoms with Gasteiger partial charge in [-0.3, -0.25) is 4.98 Å². The second-order valence-electron chi connectivity index (χ2n) is 4.55. The molecular weight excluding hydrogens is 332 g/mol. The highest BCUT2D eigenvalue weighted by Gasteiger charge is 2.10. The lowest BCUT2D eigenvalue weighted by molar-refractivity contribution is 0.0526. The van der Waals surface area contributed by atoms with Crippen molar-refractivity contribution in [2.75, 3.05) is 6.61 Å². The average Bonchev–Trinajstić information content (AvgIpc) is 2.96. The third kappa shape index (κ3) is 2.69. The molecule has 1 aromatic carbocycles. The normalized spacial score (nSPS) is 10.8. The van der Waals surface area contributed by atoms with Crippen molar-refractivity contribution in [3.63, 3.8) is 0 Å². The molecule has 0 spiro atoms. The molecule has 21 heavy (non-hydrogen) atoms. The molecule has 0 amide bonds. The summed E-state index contributed by atoms with van der Waals surface area (Å²) in [6.45, 7) is 2.15. The summed E-state index contributed by atoms with van der Waals surface area (Å²) >= 11 is 3.55. The Balaban J connectivity index is 2.06. The van der Waals surface area contributed by atoms with E-state index in [1.165, 1.54) is 0 Å². The van der Waals surface area contributed by atoms with Gasteiger partial charge in [-0.15, -0.1) is 0 Å². The second-order valence-corrected chi connectivity index (χ2v) is 5.40. The van der Waals surface area contributed by atoms with E-state index in [0.29, 0.717) is 12.2 Å². The first-order valence-corrected chi connectivity index (χ1v) is 7.38. The number of halogens is 1. The first-order valence-electron chi connectivity index (χ1n) is 6.59. The van der Waals surface area contributed by atoms with Crippen molar-refractivity contribution in [1.29, 1.82) is 0 Å². The molecular formula is C16H13BrN2O2. The van der Waals surface area contributed by atoms with Crippen molar-refractivity contribution in [2.24, 2.45) is 0 Å². The summed E-state index contributed by atoms with van der Waals surface area (Å²) in [5, 5.41) is 1.09. The molecule has 2 heterocycles.